The van der Waals surface area contributed by atoms with E-state index in [4.69, 9.17) is 5.11 Å². The number of nitrogens with one attached hydrogen (secondary N) is 2. The third-order valence-electron chi connectivity index (χ3n) is 2.80. The van der Waals surface area contributed by atoms with Gasteiger partial charge in [0.05, 0.1) is 16.9 Å². The van der Waals surface area contributed by atoms with Gasteiger partial charge >= 0.3 is 5.97 Å². The molecule has 3 N–H and O–H groups in total. The van der Waals surface area contributed by atoms with Crippen molar-refractivity contribution in [1.82, 2.24) is 0 Å². The molecule has 1 aromatic carbocycles. The summed E-state index contributed by atoms with van der Waals surface area (Å²) in [5.41, 5.74) is 1.13. The molecule has 6 heteroatoms. The van der Waals surface area contributed by atoms with Crippen LogP contribution in [-0.4, -0.2) is 35.0 Å². The average Bonchev–Trinajstić information content (AvgIpc) is 2.35. The van der Waals surface area contributed by atoms with Gasteiger partial charge in [-0.1, -0.05) is 6.07 Å². The highest BCUT2D eigenvalue weighted by Gasteiger charge is 2.27. The minimum Gasteiger partial charge on any atom is -0.478 e. The molecule has 0 spiro atoms. The summed E-state index contributed by atoms with van der Waals surface area (Å²) in [6.07, 6.45) is 2.70. The lowest BCUT2D eigenvalue weighted by Crippen LogP contribution is -2.39. The predicted molar refractivity (Wildman–Crippen MR) is 72.4 cm³/mol. The van der Waals surface area contributed by atoms with E-state index in [9.17, 15) is 9.59 Å². The van der Waals surface area contributed by atoms with Gasteiger partial charge in [-0.2, -0.15) is 11.8 Å². The number of amides is 1. The number of anilines is 2. The molecule has 0 bridgehead atoms. The number of para-hydroxylation sites is 1. The number of carbonyl (C=O) groups excluding carboxylic acids is 1. The van der Waals surface area contributed by atoms with Crippen molar-refractivity contribution in [1.29, 1.82) is 0 Å². The fraction of sp³-hybridized carbons (Fsp3) is 0.333. The fourth-order valence-electron chi connectivity index (χ4n) is 1.89. The second-order valence-electron chi connectivity index (χ2n) is 4.00. The Balaban J connectivity index is 2.27. The Labute approximate surface area is 109 Å². The first kappa shape index (κ1) is 12.8. The number of rotatable bonds is 4. The van der Waals surface area contributed by atoms with Gasteiger partial charge in [0.25, 0.3) is 0 Å². The number of hydrogen-bond donors (Lipinski definition) is 3. The number of aromatic carboxylic acids is 1. The SMILES string of the molecule is CSCCC1Nc2cccc(C(=O)O)c2NC1=O. The summed E-state index contributed by atoms with van der Waals surface area (Å²) >= 11 is 1.67. The van der Waals surface area contributed by atoms with Gasteiger partial charge in [0, 0.05) is 0 Å². The molecule has 1 unspecified atom stereocenters. The van der Waals surface area contributed by atoms with E-state index < -0.39 is 5.97 Å². The summed E-state index contributed by atoms with van der Waals surface area (Å²) in [4.78, 5) is 22.9. The highest BCUT2D eigenvalue weighted by molar-refractivity contribution is 7.98. The Kier molecular flexibility index (Phi) is 3.76. The van der Waals surface area contributed by atoms with Crippen LogP contribution in [0, 0.1) is 0 Å². The molecule has 1 amide bonds. The number of fused-ring (bicyclic) bond motifs is 1. The molecule has 2 rings (SSSR count). The van der Waals surface area contributed by atoms with Crippen molar-refractivity contribution in [3.8, 4) is 0 Å². The number of carbonyl (C=O) groups is 2. The summed E-state index contributed by atoms with van der Waals surface area (Å²) in [5.74, 6) is -0.347. The molecule has 18 heavy (non-hydrogen) atoms. The molecule has 1 aliphatic heterocycles. The van der Waals surface area contributed by atoms with Gasteiger partial charge in [-0.3, -0.25) is 4.79 Å². The van der Waals surface area contributed by atoms with E-state index in [2.05, 4.69) is 10.6 Å². The van der Waals surface area contributed by atoms with Crippen molar-refractivity contribution >= 4 is 35.0 Å². The number of benzene rings is 1. The summed E-state index contributed by atoms with van der Waals surface area (Å²) in [5, 5.41) is 14.8. The molecule has 0 saturated heterocycles. The van der Waals surface area contributed by atoms with Gasteiger partial charge in [0.1, 0.15) is 6.04 Å². The van der Waals surface area contributed by atoms with Gasteiger partial charge in [-0.05, 0) is 30.6 Å². The molecule has 0 fully saturated rings. The van der Waals surface area contributed by atoms with E-state index in [0.29, 0.717) is 17.8 Å². The molecule has 1 aliphatic rings. The minimum atomic E-state index is -1.04. The second-order valence-corrected chi connectivity index (χ2v) is 4.99. The monoisotopic (exact) mass is 266 g/mol. The van der Waals surface area contributed by atoms with Crippen molar-refractivity contribution in [3.05, 3.63) is 23.8 Å². The van der Waals surface area contributed by atoms with Crippen molar-refractivity contribution in [3.63, 3.8) is 0 Å². The zero-order chi connectivity index (χ0) is 13.1. The molecule has 96 valence electrons. The lowest BCUT2D eigenvalue weighted by Gasteiger charge is -2.27. The third kappa shape index (κ3) is 2.43. The quantitative estimate of drug-likeness (QED) is 0.775. The summed E-state index contributed by atoms with van der Waals surface area (Å²) in [7, 11) is 0. The Morgan fingerprint density at radius 1 is 1.50 bits per heavy atom. The minimum absolute atomic E-state index is 0.108. The van der Waals surface area contributed by atoms with E-state index in [-0.39, 0.29) is 17.5 Å². The molecular weight excluding hydrogens is 252 g/mol. The van der Waals surface area contributed by atoms with Crippen LogP contribution in [0.1, 0.15) is 16.8 Å². The van der Waals surface area contributed by atoms with E-state index in [0.717, 1.165) is 5.75 Å². The van der Waals surface area contributed by atoms with Gasteiger partial charge in [0.2, 0.25) is 5.91 Å². The van der Waals surface area contributed by atoms with Gasteiger partial charge < -0.3 is 15.7 Å². The van der Waals surface area contributed by atoms with Crippen LogP contribution in [0.15, 0.2) is 18.2 Å². The maximum absolute atomic E-state index is 11.9. The second kappa shape index (κ2) is 5.30. The van der Waals surface area contributed by atoms with Gasteiger partial charge in [0.15, 0.2) is 0 Å². The largest absolute Gasteiger partial charge is 0.478 e. The molecule has 1 atom stereocenters. The zero-order valence-corrected chi connectivity index (χ0v) is 10.7. The molecule has 0 aliphatic carbocycles. The van der Waals surface area contributed by atoms with E-state index >= 15 is 0 Å². The maximum Gasteiger partial charge on any atom is 0.337 e. The van der Waals surface area contributed by atoms with E-state index in [1.807, 2.05) is 6.26 Å². The van der Waals surface area contributed by atoms with Crippen LogP contribution in [0.25, 0.3) is 0 Å². The van der Waals surface area contributed by atoms with Crippen LogP contribution in [0.5, 0.6) is 0 Å². The standard InChI is InChI=1S/C12H14N2O3S/c1-18-6-5-9-11(15)14-10-7(12(16)17)3-2-4-8(10)13-9/h2-4,9,13H,5-6H2,1H3,(H,14,15)(H,16,17). The number of carboxylic acids is 1. The first-order chi connectivity index (χ1) is 8.63. The number of hydrogen-bond acceptors (Lipinski definition) is 4. The van der Waals surface area contributed by atoms with Crippen molar-refractivity contribution < 1.29 is 14.7 Å². The first-order valence-corrected chi connectivity index (χ1v) is 6.95. The normalized spacial score (nSPS) is 17.6. The molecule has 1 aromatic rings. The Hall–Kier alpha value is -1.69. The van der Waals surface area contributed by atoms with E-state index in [1.54, 1.807) is 23.9 Å². The fourth-order valence-corrected chi connectivity index (χ4v) is 2.36. The van der Waals surface area contributed by atoms with Gasteiger partial charge in [-0.15, -0.1) is 0 Å². The maximum atomic E-state index is 11.9. The molecule has 0 radical (unpaired) electrons. The Morgan fingerprint density at radius 2 is 2.28 bits per heavy atom. The van der Waals surface area contributed by atoms with Crippen LogP contribution >= 0.6 is 11.8 Å². The van der Waals surface area contributed by atoms with Gasteiger partial charge in [-0.25, -0.2) is 4.79 Å². The van der Waals surface area contributed by atoms with Crippen LogP contribution in [-0.2, 0) is 4.79 Å². The van der Waals surface area contributed by atoms with Crippen LogP contribution < -0.4 is 10.6 Å². The molecule has 0 aromatic heterocycles. The number of carboxylic acid groups (broad SMARTS) is 1. The Morgan fingerprint density at radius 3 is 2.94 bits per heavy atom. The smallest absolute Gasteiger partial charge is 0.337 e. The van der Waals surface area contributed by atoms with Crippen molar-refractivity contribution in [2.45, 2.75) is 12.5 Å². The zero-order valence-electron chi connectivity index (χ0n) is 9.90. The average molecular weight is 266 g/mol. The number of thioether (sulfide) groups is 1. The van der Waals surface area contributed by atoms with Crippen molar-refractivity contribution in [2.75, 3.05) is 22.6 Å². The topological polar surface area (TPSA) is 78.4 Å². The summed E-state index contributed by atoms with van der Waals surface area (Å²) < 4.78 is 0. The lowest BCUT2D eigenvalue weighted by atomic mass is 10.1. The molecule has 0 saturated carbocycles. The summed E-state index contributed by atoms with van der Waals surface area (Å²) in [6.45, 7) is 0. The highest BCUT2D eigenvalue weighted by atomic mass is 32.2. The molecular formula is C12H14N2O3S. The predicted octanol–water partition coefficient (Wildman–Crippen LogP) is 1.87. The van der Waals surface area contributed by atoms with Crippen LogP contribution in [0.4, 0.5) is 11.4 Å². The third-order valence-corrected chi connectivity index (χ3v) is 3.44. The molecule has 1 heterocycles. The Bertz CT molecular complexity index is 490. The summed E-state index contributed by atoms with van der Waals surface area (Å²) in [6, 6.07) is 4.62. The van der Waals surface area contributed by atoms with E-state index in [1.165, 1.54) is 6.07 Å². The highest BCUT2D eigenvalue weighted by Crippen LogP contribution is 2.31. The first-order valence-electron chi connectivity index (χ1n) is 5.56. The lowest BCUT2D eigenvalue weighted by molar-refractivity contribution is -0.117. The van der Waals surface area contributed by atoms with Crippen molar-refractivity contribution in [2.24, 2.45) is 0 Å². The van der Waals surface area contributed by atoms with Crippen LogP contribution in [0.3, 0.4) is 0 Å². The molecule has 5 nitrogen and oxygen atoms in total. The van der Waals surface area contributed by atoms with Crippen LogP contribution in [0.2, 0.25) is 0 Å².